The van der Waals surface area contributed by atoms with Crippen LogP contribution in [0.25, 0.3) is 21.7 Å². The molecule has 1 heterocycles. The van der Waals surface area contributed by atoms with E-state index in [2.05, 4.69) is 4.98 Å². The molecule has 3 aromatic carbocycles. The third kappa shape index (κ3) is 3.86. The second-order valence-electron chi connectivity index (χ2n) is 6.76. The monoisotopic (exact) mass is 418 g/mol. The lowest BCUT2D eigenvalue weighted by Crippen LogP contribution is -2.46. The number of aromatic nitrogens is 1. The van der Waals surface area contributed by atoms with Gasteiger partial charge in [-0.25, -0.2) is 8.42 Å². The number of alkyl halides is 3. The van der Waals surface area contributed by atoms with Gasteiger partial charge in [0.15, 0.2) is 0 Å². The highest BCUT2D eigenvalue weighted by Gasteiger charge is 2.42. The molecule has 4 rings (SSSR count). The molecule has 0 spiro atoms. The number of nitrogens with one attached hydrogen (secondary N) is 2. The quantitative estimate of drug-likeness (QED) is 0.490. The number of para-hydroxylation sites is 1. The molecule has 4 aromatic rings. The van der Waals surface area contributed by atoms with E-state index in [1.165, 1.54) is 18.3 Å². The van der Waals surface area contributed by atoms with E-state index in [4.69, 9.17) is 0 Å². The summed E-state index contributed by atoms with van der Waals surface area (Å²) < 4.78 is 68.8. The molecular weight excluding hydrogens is 401 g/mol. The standard InChI is InChI=1S/C21H17F3N2O2S/c22-21(23,24)20(12-15-13-25-18-10-4-3-8-16(15)18)26-29(27,28)19-11-5-7-14-6-1-2-9-17(14)19/h1-11,13,20,25-26H,12H2. The van der Waals surface area contributed by atoms with Crippen molar-refractivity contribution in [2.24, 2.45) is 0 Å². The van der Waals surface area contributed by atoms with Crippen molar-refractivity contribution in [1.82, 2.24) is 9.71 Å². The Morgan fingerprint density at radius 2 is 1.55 bits per heavy atom. The third-order valence-corrected chi connectivity index (χ3v) is 6.36. The van der Waals surface area contributed by atoms with E-state index in [1.54, 1.807) is 54.6 Å². The Labute approximate surface area is 165 Å². The number of rotatable bonds is 5. The molecule has 0 radical (unpaired) electrons. The van der Waals surface area contributed by atoms with Crippen LogP contribution in [0.4, 0.5) is 13.2 Å². The summed E-state index contributed by atoms with van der Waals surface area (Å²) in [4.78, 5) is 2.74. The minimum absolute atomic E-state index is 0.177. The molecule has 150 valence electrons. The molecule has 29 heavy (non-hydrogen) atoms. The minimum atomic E-state index is -4.75. The van der Waals surface area contributed by atoms with E-state index in [1.807, 2.05) is 4.72 Å². The molecular formula is C21H17F3N2O2S. The van der Waals surface area contributed by atoms with E-state index >= 15 is 0 Å². The Morgan fingerprint density at radius 1 is 0.897 bits per heavy atom. The molecule has 0 saturated heterocycles. The maximum Gasteiger partial charge on any atom is 0.405 e. The molecule has 0 saturated carbocycles. The minimum Gasteiger partial charge on any atom is -0.361 e. The lowest BCUT2D eigenvalue weighted by atomic mass is 10.1. The molecule has 1 unspecified atom stereocenters. The van der Waals surface area contributed by atoms with Crippen LogP contribution >= 0.6 is 0 Å². The summed E-state index contributed by atoms with van der Waals surface area (Å²) in [6.07, 6.45) is -3.79. The summed E-state index contributed by atoms with van der Waals surface area (Å²) in [5.41, 5.74) is 1.09. The number of H-pyrrole nitrogens is 1. The van der Waals surface area contributed by atoms with Crippen LogP contribution in [0.1, 0.15) is 5.56 Å². The highest BCUT2D eigenvalue weighted by Crippen LogP contribution is 2.29. The first-order valence-corrected chi connectivity index (χ1v) is 10.4. The van der Waals surface area contributed by atoms with Crippen LogP contribution < -0.4 is 4.72 Å². The van der Waals surface area contributed by atoms with E-state index in [-0.39, 0.29) is 4.90 Å². The molecule has 0 aliphatic heterocycles. The number of aromatic amines is 1. The highest BCUT2D eigenvalue weighted by molar-refractivity contribution is 7.89. The van der Waals surface area contributed by atoms with Crippen LogP contribution in [-0.2, 0) is 16.4 Å². The summed E-state index contributed by atoms with van der Waals surface area (Å²) >= 11 is 0. The van der Waals surface area contributed by atoms with Gasteiger partial charge in [-0.1, -0.05) is 54.6 Å². The number of benzene rings is 3. The summed E-state index contributed by atoms with van der Waals surface area (Å²) in [6, 6.07) is 15.9. The molecule has 1 atom stereocenters. The van der Waals surface area contributed by atoms with E-state index in [0.29, 0.717) is 27.2 Å². The number of halogens is 3. The fourth-order valence-corrected chi connectivity index (χ4v) is 4.88. The largest absolute Gasteiger partial charge is 0.405 e. The normalized spacial score (nSPS) is 13.8. The van der Waals surface area contributed by atoms with Crippen LogP contribution in [0.3, 0.4) is 0 Å². The molecule has 1 aromatic heterocycles. The summed E-state index contributed by atoms with van der Waals surface area (Å²) in [5.74, 6) is 0. The van der Waals surface area contributed by atoms with Gasteiger partial charge in [0.05, 0.1) is 4.90 Å². The van der Waals surface area contributed by atoms with Crippen molar-refractivity contribution < 1.29 is 21.6 Å². The average molecular weight is 418 g/mol. The average Bonchev–Trinajstić information content (AvgIpc) is 3.09. The van der Waals surface area contributed by atoms with Crippen molar-refractivity contribution in [3.63, 3.8) is 0 Å². The number of hydrogen-bond acceptors (Lipinski definition) is 2. The lowest BCUT2D eigenvalue weighted by molar-refractivity contribution is -0.150. The topological polar surface area (TPSA) is 62.0 Å². The first-order chi connectivity index (χ1) is 13.8. The molecule has 0 amide bonds. The van der Waals surface area contributed by atoms with Gasteiger partial charge in [0, 0.05) is 22.5 Å². The molecule has 2 N–H and O–H groups in total. The number of fused-ring (bicyclic) bond motifs is 2. The fourth-order valence-electron chi connectivity index (χ4n) is 3.43. The van der Waals surface area contributed by atoms with Crippen molar-refractivity contribution in [2.45, 2.75) is 23.5 Å². The van der Waals surface area contributed by atoms with Gasteiger partial charge in [-0.3, -0.25) is 0 Å². The van der Waals surface area contributed by atoms with Crippen LogP contribution in [0.5, 0.6) is 0 Å². The summed E-state index contributed by atoms with van der Waals surface area (Å²) in [6.45, 7) is 0. The Bertz CT molecular complexity index is 1270. The second kappa shape index (κ2) is 7.20. The third-order valence-electron chi connectivity index (χ3n) is 4.83. The van der Waals surface area contributed by atoms with Gasteiger partial charge in [0.1, 0.15) is 6.04 Å². The maximum atomic E-state index is 13.7. The zero-order valence-electron chi connectivity index (χ0n) is 15.1. The smallest absolute Gasteiger partial charge is 0.361 e. The zero-order chi connectivity index (χ0) is 20.6. The van der Waals surface area contributed by atoms with Crippen LogP contribution in [0.2, 0.25) is 0 Å². The van der Waals surface area contributed by atoms with Crippen molar-refractivity contribution >= 4 is 31.7 Å². The molecule has 0 fully saturated rings. The molecule has 0 bridgehead atoms. The van der Waals surface area contributed by atoms with Crippen molar-refractivity contribution in [1.29, 1.82) is 0 Å². The Morgan fingerprint density at radius 3 is 2.31 bits per heavy atom. The van der Waals surface area contributed by atoms with Crippen molar-refractivity contribution in [3.8, 4) is 0 Å². The molecule has 0 aliphatic rings. The Balaban J connectivity index is 1.71. The van der Waals surface area contributed by atoms with Crippen LogP contribution in [-0.4, -0.2) is 25.6 Å². The highest BCUT2D eigenvalue weighted by atomic mass is 32.2. The first kappa shape index (κ1) is 19.5. The van der Waals surface area contributed by atoms with Gasteiger partial charge < -0.3 is 4.98 Å². The van der Waals surface area contributed by atoms with Gasteiger partial charge >= 0.3 is 6.18 Å². The van der Waals surface area contributed by atoms with Crippen molar-refractivity contribution in [3.05, 3.63) is 78.5 Å². The summed E-state index contributed by atoms with van der Waals surface area (Å²) in [7, 11) is -4.41. The zero-order valence-corrected chi connectivity index (χ0v) is 15.9. The fraction of sp³-hybridized carbons (Fsp3) is 0.143. The first-order valence-electron chi connectivity index (χ1n) is 8.87. The van der Waals surface area contributed by atoms with Gasteiger partial charge in [-0.15, -0.1) is 0 Å². The van der Waals surface area contributed by atoms with Crippen molar-refractivity contribution in [2.75, 3.05) is 0 Å². The van der Waals surface area contributed by atoms with E-state index in [9.17, 15) is 21.6 Å². The maximum absolute atomic E-state index is 13.7. The van der Waals surface area contributed by atoms with Crippen LogP contribution in [0.15, 0.2) is 77.8 Å². The predicted molar refractivity (Wildman–Crippen MR) is 106 cm³/mol. The predicted octanol–water partition coefficient (Wildman–Crippen LogP) is 4.77. The lowest BCUT2D eigenvalue weighted by Gasteiger charge is -2.22. The Kier molecular flexibility index (Phi) is 4.84. The molecule has 0 aliphatic carbocycles. The van der Waals surface area contributed by atoms with Crippen LogP contribution in [0, 0.1) is 0 Å². The second-order valence-corrected chi connectivity index (χ2v) is 8.44. The van der Waals surface area contributed by atoms with E-state index < -0.39 is 28.7 Å². The number of hydrogen-bond donors (Lipinski definition) is 2. The summed E-state index contributed by atoms with van der Waals surface area (Å²) in [5, 5.41) is 1.64. The molecule has 4 nitrogen and oxygen atoms in total. The number of sulfonamides is 1. The Hall–Kier alpha value is -2.84. The van der Waals surface area contributed by atoms with E-state index in [0.717, 1.165) is 0 Å². The SMILES string of the molecule is O=S(=O)(NC(Cc1c[nH]c2ccccc12)C(F)(F)F)c1cccc2ccccc12. The van der Waals surface area contributed by atoms with Gasteiger partial charge in [0.25, 0.3) is 0 Å². The van der Waals surface area contributed by atoms with Gasteiger partial charge in [0.2, 0.25) is 10.0 Å². The van der Waals surface area contributed by atoms with Gasteiger partial charge in [-0.2, -0.15) is 17.9 Å². The van der Waals surface area contributed by atoms with Gasteiger partial charge in [-0.05, 0) is 29.5 Å². The molecule has 8 heteroatoms.